The van der Waals surface area contributed by atoms with Gasteiger partial charge in [-0.1, -0.05) is 0 Å². The van der Waals surface area contributed by atoms with Crippen molar-refractivity contribution in [1.29, 1.82) is 0 Å². The molecule has 6 nitrogen and oxygen atoms in total. The molecule has 3 N–H and O–H groups in total. The van der Waals surface area contributed by atoms with Crippen molar-refractivity contribution in [2.24, 2.45) is 12.9 Å². The van der Waals surface area contributed by atoms with Crippen molar-refractivity contribution in [3.05, 3.63) is 23.7 Å². The van der Waals surface area contributed by atoms with Crippen LogP contribution in [0.4, 0.5) is 14.7 Å². The van der Waals surface area contributed by atoms with E-state index in [9.17, 15) is 8.78 Å². The van der Waals surface area contributed by atoms with Gasteiger partial charge in [0, 0.05) is 18.3 Å². The van der Waals surface area contributed by atoms with Gasteiger partial charge >= 0.3 is 0 Å². The number of hydrazine groups is 1. The molecule has 8 heteroatoms. The molecule has 0 unspecified atom stereocenters. The summed E-state index contributed by atoms with van der Waals surface area (Å²) in [5.41, 5.74) is 3.64. The Morgan fingerprint density at radius 2 is 2.11 bits per heavy atom. The second kappa shape index (κ2) is 4.65. The molecule has 2 aromatic rings. The summed E-state index contributed by atoms with van der Waals surface area (Å²) in [7, 11) is 1.76. The Kier molecular flexibility index (Phi) is 3.19. The van der Waals surface area contributed by atoms with Crippen molar-refractivity contribution in [3.8, 4) is 11.3 Å². The SMILES string of the molecule is Cc1c(-c2cc(C(F)F)nc(NN)n2)cnn1C. The van der Waals surface area contributed by atoms with Crippen LogP contribution < -0.4 is 11.3 Å². The number of nitrogens with zero attached hydrogens (tertiary/aromatic N) is 4. The number of aryl methyl sites for hydroxylation is 1. The lowest BCUT2D eigenvalue weighted by Crippen LogP contribution is -2.12. The zero-order valence-electron chi connectivity index (χ0n) is 9.85. The normalized spacial score (nSPS) is 11.0. The molecule has 18 heavy (non-hydrogen) atoms. The lowest BCUT2D eigenvalue weighted by Gasteiger charge is -2.06. The molecule has 2 aromatic heterocycles. The average Bonchev–Trinajstić information content (AvgIpc) is 2.69. The molecule has 0 aliphatic carbocycles. The topological polar surface area (TPSA) is 81.7 Å². The number of hydrogen-bond acceptors (Lipinski definition) is 5. The number of nitrogens with one attached hydrogen (secondary N) is 1. The lowest BCUT2D eigenvalue weighted by atomic mass is 10.1. The zero-order chi connectivity index (χ0) is 13.3. The maximum atomic E-state index is 12.7. The first-order chi connectivity index (χ1) is 8.52. The Morgan fingerprint density at radius 3 is 2.61 bits per heavy atom. The van der Waals surface area contributed by atoms with Crippen LogP contribution in [0, 0.1) is 6.92 Å². The first kappa shape index (κ1) is 12.4. The van der Waals surface area contributed by atoms with Gasteiger partial charge in [0.25, 0.3) is 6.43 Å². The fourth-order valence-electron chi connectivity index (χ4n) is 1.53. The molecule has 0 saturated heterocycles. The third-order valence-electron chi connectivity index (χ3n) is 2.61. The van der Waals surface area contributed by atoms with Crippen molar-refractivity contribution in [2.75, 3.05) is 5.43 Å². The van der Waals surface area contributed by atoms with Crippen molar-refractivity contribution in [3.63, 3.8) is 0 Å². The summed E-state index contributed by atoms with van der Waals surface area (Å²) in [5, 5.41) is 4.04. The molecule has 0 fully saturated rings. The maximum absolute atomic E-state index is 12.7. The van der Waals surface area contributed by atoms with E-state index < -0.39 is 6.43 Å². The van der Waals surface area contributed by atoms with Gasteiger partial charge in [-0.25, -0.2) is 24.6 Å². The van der Waals surface area contributed by atoms with E-state index in [0.717, 1.165) is 5.69 Å². The summed E-state index contributed by atoms with van der Waals surface area (Å²) in [6.45, 7) is 1.82. The summed E-state index contributed by atoms with van der Waals surface area (Å²) in [4.78, 5) is 7.63. The summed E-state index contributed by atoms with van der Waals surface area (Å²) < 4.78 is 27.0. The summed E-state index contributed by atoms with van der Waals surface area (Å²) in [6.07, 6.45) is -1.12. The van der Waals surface area contributed by atoms with Gasteiger partial charge in [0.15, 0.2) is 0 Å². The Bertz CT molecular complexity index is 565. The highest BCUT2D eigenvalue weighted by molar-refractivity contribution is 5.62. The number of halogens is 2. The van der Waals surface area contributed by atoms with Gasteiger partial charge in [0.05, 0.1) is 11.9 Å². The van der Waals surface area contributed by atoms with Gasteiger partial charge in [-0.3, -0.25) is 10.1 Å². The van der Waals surface area contributed by atoms with E-state index >= 15 is 0 Å². The summed E-state index contributed by atoms with van der Waals surface area (Å²) in [6, 6.07) is 1.23. The zero-order valence-corrected chi connectivity index (χ0v) is 9.85. The predicted molar refractivity (Wildman–Crippen MR) is 61.7 cm³/mol. The number of alkyl halides is 2. The van der Waals surface area contributed by atoms with E-state index in [4.69, 9.17) is 5.84 Å². The van der Waals surface area contributed by atoms with Crippen LogP contribution in [0.3, 0.4) is 0 Å². The fraction of sp³-hybridized carbons (Fsp3) is 0.300. The highest BCUT2D eigenvalue weighted by Crippen LogP contribution is 2.26. The van der Waals surface area contributed by atoms with Crippen LogP contribution in [0.1, 0.15) is 17.8 Å². The molecule has 0 bridgehead atoms. The van der Waals surface area contributed by atoms with Gasteiger partial charge in [-0.05, 0) is 13.0 Å². The molecule has 0 spiro atoms. The molecule has 0 aliphatic rings. The number of nitrogens with two attached hydrogens (primary N) is 1. The first-order valence-corrected chi connectivity index (χ1v) is 5.15. The number of rotatable bonds is 3. The van der Waals surface area contributed by atoms with E-state index in [1.807, 2.05) is 6.92 Å². The summed E-state index contributed by atoms with van der Waals surface area (Å²) in [5.74, 6) is 5.12. The minimum absolute atomic E-state index is 0.0500. The number of hydrogen-bond donors (Lipinski definition) is 2. The average molecular weight is 254 g/mol. The Morgan fingerprint density at radius 1 is 1.39 bits per heavy atom. The van der Waals surface area contributed by atoms with E-state index in [1.54, 1.807) is 17.9 Å². The number of anilines is 1. The lowest BCUT2D eigenvalue weighted by molar-refractivity contribution is 0.146. The van der Waals surface area contributed by atoms with E-state index in [2.05, 4.69) is 20.5 Å². The second-order valence-electron chi connectivity index (χ2n) is 3.71. The number of aromatic nitrogens is 4. The van der Waals surface area contributed by atoms with Gasteiger partial charge in [0.2, 0.25) is 5.95 Å². The highest BCUT2D eigenvalue weighted by atomic mass is 19.3. The Balaban J connectivity index is 2.56. The fourth-order valence-corrected chi connectivity index (χ4v) is 1.53. The molecule has 0 saturated carbocycles. The molecule has 2 heterocycles. The first-order valence-electron chi connectivity index (χ1n) is 5.15. The van der Waals surface area contributed by atoms with Gasteiger partial charge in [-0.2, -0.15) is 5.10 Å². The van der Waals surface area contributed by atoms with Crippen molar-refractivity contribution in [1.82, 2.24) is 19.7 Å². The highest BCUT2D eigenvalue weighted by Gasteiger charge is 2.16. The van der Waals surface area contributed by atoms with Crippen molar-refractivity contribution < 1.29 is 8.78 Å². The third-order valence-corrected chi connectivity index (χ3v) is 2.61. The maximum Gasteiger partial charge on any atom is 0.280 e. The minimum atomic E-state index is -2.68. The van der Waals surface area contributed by atoms with Crippen LogP contribution in [0.5, 0.6) is 0 Å². The third kappa shape index (κ3) is 2.14. The molecule has 0 aliphatic heterocycles. The molecular weight excluding hydrogens is 242 g/mol. The quantitative estimate of drug-likeness (QED) is 0.639. The largest absolute Gasteiger partial charge is 0.292 e. The molecule has 0 atom stereocenters. The Hall–Kier alpha value is -2.09. The Labute approximate surface area is 102 Å². The van der Waals surface area contributed by atoms with Gasteiger partial charge < -0.3 is 0 Å². The van der Waals surface area contributed by atoms with Crippen molar-refractivity contribution in [2.45, 2.75) is 13.3 Å². The smallest absolute Gasteiger partial charge is 0.280 e. The van der Waals surface area contributed by atoms with Crippen LogP contribution in [0.2, 0.25) is 0 Å². The van der Waals surface area contributed by atoms with E-state index in [0.29, 0.717) is 11.3 Å². The van der Waals surface area contributed by atoms with Crippen LogP contribution >= 0.6 is 0 Å². The van der Waals surface area contributed by atoms with Crippen molar-refractivity contribution >= 4 is 5.95 Å². The molecule has 96 valence electrons. The van der Waals surface area contributed by atoms with Gasteiger partial charge in [-0.15, -0.1) is 0 Å². The van der Waals surface area contributed by atoms with Crippen LogP contribution in [-0.4, -0.2) is 19.7 Å². The monoisotopic (exact) mass is 254 g/mol. The van der Waals surface area contributed by atoms with E-state index in [-0.39, 0.29) is 11.6 Å². The van der Waals surface area contributed by atoms with Crippen LogP contribution in [0.15, 0.2) is 12.3 Å². The molecule has 2 rings (SSSR count). The van der Waals surface area contributed by atoms with Crippen LogP contribution in [0.25, 0.3) is 11.3 Å². The van der Waals surface area contributed by atoms with Gasteiger partial charge in [0.1, 0.15) is 5.69 Å². The molecule has 0 amide bonds. The number of nitrogen functional groups attached to an aromatic ring is 1. The predicted octanol–water partition coefficient (Wildman–Crippen LogP) is 1.41. The summed E-state index contributed by atoms with van der Waals surface area (Å²) >= 11 is 0. The van der Waals surface area contributed by atoms with E-state index in [1.165, 1.54) is 6.07 Å². The standard InChI is InChI=1S/C10H12F2N6/c1-5-6(4-14-18(5)2)7-3-8(9(11)12)16-10(15-7)17-13/h3-4,9H,13H2,1-2H3,(H,15,16,17). The minimum Gasteiger partial charge on any atom is -0.292 e. The molecular formula is C10H12F2N6. The van der Waals surface area contributed by atoms with Crippen LogP contribution in [-0.2, 0) is 7.05 Å². The molecule has 0 radical (unpaired) electrons. The second-order valence-corrected chi connectivity index (χ2v) is 3.71. The molecule has 0 aromatic carbocycles.